The Hall–Kier alpha value is -2.77. The highest BCUT2D eigenvalue weighted by molar-refractivity contribution is 7.14. The van der Waals surface area contributed by atoms with Gasteiger partial charge in [0, 0.05) is 41.8 Å². The number of thiazole rings is 1. The largest absolute Gasteiger partial charge is 0.347 e. The average molecular weight is 380 g/mol. The molecule has 4 rings (SSSR count). The van der Waals surface area contributed by atoms with Gasteiger partial charge in [0.25, 0.3) is 5.91 Å². The first-order valence-corrected chi connectivity index (χ1v) is 9.90. The summed E-state index contributed by atoms with van der Waals surface area (Å²) in [6, 6.07) is 10.1. The number of nitrogens with zero attached hydrogens (tertiary/aromatic N) is 3. The number of thiophene rings is 1. The number of amides is 1. The van der Waals surface area contributed by atoms with Gasteiger partial charge in [-0.05, 0) is 22.6 Å². The number of hydrogen-bond donors (Lipinski definition) is 1. The summed E-state index contributed by atoms with van der Waals surface area (Å²) in [7, 11) is 0. The van der Waals surface area contributed by atoms with Gasteiger partial charge in [-0.15, -0.1) is 11.3 Å². The van der Waals surface area contributed by atoms with E-state index in [4.69, 9.17) is 0 Å². The van der Waals surface area contributed by atoms with Gasteiger partial charge in [-0.3, -0.25) is 4.79 Å². The van der Waals surface area contributed by atoms with Gasteiger partial charge in [-0.2, -0.15) is 11.3 Å². The number of hydrogen-bond acceptors (Lipinski definition) is 5. The van der Waals surface area contributed by atoms with Crippen LogP contribution in [0, 0.1) is 0 Å². The van der Waals surface area contributed by atoms with Crippen LogP contribution >= 0.6 is 22.7 Å². The van der Waals surface area contributed by atoms with Crippen molar-refractivity contribution >= 4 is 28.6 Å². The molecule has 0 saturated carbocycles. The van der Waals surface area contributed by atoms with Crippen molar-refractivity contribution < 1.29 is 4.79 Å². The van der Waals surface area contributed by atoms with Crippen molar-refractivity contribution in [3.63, 3.8) is 0 Å². The second kappa shape index (κ2) is 7.63. The van der Waals surface area contributed by atoms with E-state index in [9.17, 15) is 4.79 Å². The van der Waals surface area contributed by atoms with Gasteiger partial charge in [-0.1, -0.05) is 24.3 Å². The smallest absolute Gasteiger partial charge is 0.271 e. The van der Waals surface area contributed by atoms with E-state index in [-0.39, 0.29) is 5.91 Å². The Bertz CT molecular complexity index is 990. The van der Waals surface area contributed by atoms with E-state index in [0.29, 0.717) is 12.2 Å². The SMILES string of the molecule is O=C(NCc1ccccc1Cn1ccnc1)c1csc(-c2ccsc2)n1. The summed E-state index contributed by atoms with van der Waals surface area (Å²) in [4.78, 5) is 21.0. The molecule has 0 aliphatic rings. The quantitative estimate of drug-likeness (QED) is 0.549. The second-order valence-corrected chi connectivity index (χ2v) is 7.37. The lowest BCUT2D eigenvalue weighted by Gasteiger charge is -2.10. The molecule has 3 heterocycles. The molecule has 1 amide bonds. The molecule has 1 N–H and O–H groups in total. The van der Waals surface area contributed by atoms with Crippen molar-refractivity contribution in [2.75, 3.05) is 0 Å². The van der Waals surface area contributed by atoms with E-state index < -0.39 is 0 Å². The fraction of sp³-hybridized carbons (Fsp3) is 0.105. The van der Waals surface area contributed by atoms with Crippen LogP contribution in [0.1, 0.15) is 21.6 Å². The van der Waals surface area contributed by atoms with Crippen molar-refractivity contribution in [2.24, 2.45) is 0 Å². The Morgan fingerprint density at radius 2 is 2.04 bits per heavy atom. The average Bonchev–Trinajstić information content (AvgIpc) is 3.41. The van der Waals surface area contributed by atoms with E-state index in [1.807, 2.05) is 45.8 Å². The predicted octanol–water partition coefficient (Wildman–Crippen LogP) is 4.05. The molecule has 0 fully saturated rings. The number of carbonyl (C=O) groups is 1. The second-order valence-electron chi connectivity index (χ2n) is 5.74. The van der Waals surface area contributed by atoms with E-state index >= 15 is 0 Å². The van der Waals surface area contributed by atoms with Gasteiger partial charge in [0.05, 0.1) is 6.33 Å². The molecule has 0 atom stereocenters. The Morgan fingerprint density at radius 3 is 2.81 bits per heavy atom. The van der Waals surface area contributed by atoms with Gasteiger partial charge in [0.15, 0.2) is 0 Å². The molecule has 3 aromatic heterocycles. The van der Waals surface area contributed by atoms with Gasteiger partial charge in [0.1, 0.15) is 10.7 Å². The number of rotatable bonds is 6. The molecule has 0 aliphatic carbocycles. The Morgan fingerprint density at radius 1 is 1.15 bits per heavy atom. The molecule has 7 heteroatoms. The molecule has 0 aliphatic heterocycles. The Kier molecular flexibility index (Phi) is 4.90. The number of benzene rings is 1. The van der Waals surface area contributed by atoms with E-state index in [1.54, 1.807) is 29.2 Å². The van der Waals surface area contributed by atoms with E-state index in [0.717, 1.165) is 28.2 Å². The lowest BCUT2D eigenvalue weighted by Crippen LogP contribution is -2.23. The van der Waals surface area contributed by atoms with Gasteiger partial charge >= 0.3 is 0 Å². The molecule has 5 nitrogen and oxygen atoms in total. The van der Waals surface area contributed by atoms with Crippen LogP contribution in [-0.2, 0) is 13.1 Å². The normalized spacial score (nSPS) is 10.8. The molecule has 0 saturated heterocycles. The Labute approximate surface area is 159 Å². The number of nitrogens with one attached hydrogen (secondary N) is 1. The maximum absolute atomic E-state index is 12.4. The molecule has 0 unspecified atom stereocenters. The maximum Gasteiger partial charge on any atom is 0.271 e. The minimum absolute atomic E-state index is 0.153. The van der Waals surface area contributed by atoms with Crippen LogP contribution in [0.3, 0.4) is 0 Å². The Balaban J connectivity index is 1.43. The zero-order valence-corrected chi connectivity index (χ0v) is 15.5. The van der Waals surface area contributed by atoms with Crippen LogP contribution in [0.15, 0.2) is 65.2 Å². The third-order valence-corrected chi connectivity index (χ3v) is 5.55. The molecule has 130 valence electrons. The molecule has 26 heavy (non-hydrogen) atoms. The molecule has 0 spiro atoms. The highest BCUT2D eigenvalue weighted by Crippen LogP contribution is 2.25. The van der Waals surface area contributed by atoms with Crippen LogP contribution in [-0.4, -0.2) is 20.4 Å². The maximum atomic E-state index is 12.4. The van der Waals surface area contributed by atoms with Crippen LogP contribution in [0.2, 0.25) is 0 Å². The summed E-state index contributed by atoms with van der Waals surface area (Å²) < 4.78 is 2.01. The zero-order valence-electron chi connectivity index (χ0n) is 13.8. The number of carbonyl (C=O) groups excluding carboxylic acids is 1. The van der Waals surface area contributed by atoms with Crippen molar-refractivity contribution in [3.8, 4) is 10.6 Å². The van der Waals surface area contributed by atoms with Crippen LogP contribution < -0.4 is 5.32 Å². The third kappa shape index (κ3) is 3.74. The first-order chi connectivity index (χ1) is 12.8. The third-order valence-electron chi connectivity index (χ3n) is 3.97. The first kappa shape index (κ1) is 16.7. The number of aromatic nitrogens is 3. The summed E-state index contributed by atoms with van der Waals surface area (Å²) in [6.45, 7) is 1.19. The molecule has 1 aromatic carbocycles. The van der Waals surface area contributed by atoms with Crippen LogP contribution in [0.4, 0.5) is 0 Å². The summed E-state index contributed by atoms with van der Waals surface area (Å²) in [5.41, 5.74) is 3.76. The first-order valence-electron chi connectivity index (χ1n) is 8.08. The topological polar surface area (TPSA) is 59.8 Å². The summed E-state index contributed by atoms with van der Waals surface area (Å²) >= 11 is 3.11. The zero-order chi connectivity index (χ0) is 17.8. The van der Waals surface area contributed by atoms with Crippen LogP contribution in [0.5, 0.6) is 0 Å². The minimum atomic E-state index is -0.153. The van der Waals surface area contributed by atoms with Gasteiger partial charge < -0.3 is 9.88 Å². The van der Waals surface area contributed by atoms with Crippen molar-refractivity contribution in [1.82, 2.24) is 19.9 Å². The van der Waals surface area contributed by atoms with Gasteiger partial charge in [0.2, 0.25) is 0 Å². The summed E-state index contributed by atoms with van der Waals surface area (Å²) in [5.74, 6) is -0.153. The summed E-state index contributed by atoms with van der Waals surface area (Å²) in [5, 5.41) is 9.70. The lowest BCUT2D eigenvalue weighted by molar-refractivity contribution is 0.0946. The van der Waals surface area contributed by atoms with E-state index in [2.05, 4.69) is 21.4 Å². The highest BCUT2D eigenvalue weighted by Gasteiger charge is 2.12. The predicted molar refractivity (Wildman–Crippen MR) is 104 cm³/mol. The van der Waals surface area contributed by atoms with Crippen molar-refractivity contribution in [2.45, 2.75) is 13.1 Å². The fourth-order valence-electron chi connectivity index (χ4n) is 2.62. The van der Waals surface area contributed by atoms with Crippen LogP contribution in [0.25, 0.3) is 10.6 Å². The van der Waals surface area contributed by atoms with Crippen molar-refractivity contribution in [1.29, 1.82) is 0 Å². The summed E-state index contributed by atoms with van der Waals surface area (Å²) in [6.07, 6.45) is 5.48. The lowest BCUT2D eigenvalue weighted by atomic mass is 10.1. The standard InChI is InChI=1S/C19H16N4OS2/c24-18(17-12-26-19(22-17)16-5-8-25-11-16)21-9-14-3-1-2-4-15(14)10-23-7-6-20-13-23/h1-8,11-13H,9-10H2,(H,21,24). The number of imidazole rings is 1. The van der Waals surface area contributed by atoms with Crippen molar-refractivity contribution in [3.05, 3.63) is 82.0 Å². The molecular formula is C19H16N4OS2. The minimum Gasteiger partial charge on any atom is -0.347 e. The fourth-order valence-corrected chi connectivity index (χ4v) is 4.14. The monoisotopic (exact) mass is 380 g/mol. The van der Waals surface area contributed by atoms with Gasteiger partial charge in [-0.25, -0.2) is 9.97 Å². The molecule has 4 aromatic rings. The highest BCUT2D eigenvalue weighted by atomic mass is 32.1. The molecule has 0 radical (unpaired) electrons. The molecular weight excluding hydrogens is 364 g/mol. The van der Waals surface area contributed by atoms with E-state index in [1.165, 1.54) is 11.3 Å². The molecule has 0 bridgehead atoms.